The van der Waals surface area contributed by atoms with Crippen LogP contribution in [0.15, 0.2) is 66.7 Å². The molecular formula is C26H25Cl2N3O3. The SMILES string of the molecule is O=C(NCc1ccccc1CN1CCOCC1)c1ccc(NC(=O)c2cc(Cl)cc(Cl)c2)cc1. The lowest BCUT2D eigenvalue weighted by molar-refractivity contribution is 0.0340. The van der Waals surface area contributed by atoms with Crippen molar-refractivity contribution in [2.45, 2.75) is 13.1 Å². The third-order valence-electron chi connectivity index (χ3n) is 5.59. The molecule has 0 saturated carbocycles. The Morgan fingerprint density at radius 1 is 0.824 bits per heavy atom. The van der Waals surface area contributed by atoms with Gasteiger partial charge in [-0.05, 0) is 53.6 Å². The van der Waals surface area contributed by atoms with E-state index in [0.29, 0.717) is 33.4 Å². The molecule has 0 aromatic heterocycles. The smallest absolute Gasteiger partial charge is 0.255 e. The van der Waals surface area contributed by atoms with Crippen LogP contribution in [0.2, 0.25) is 10.0 Å². The first-order valence-corrected chi connectivity index (χ1v) is 11.8. The quantitative estimate of drug-likeness (QED) is 0.481. The molecule has 34 heavy (non-hydrogen) atoms. The molecule has 0 radical (unpaired) electrons. The van der Waals surface area contributed by atoms with Crippen molar-refractivity contribution in [1.82, 2.24) is 10.2 Å². The third-order valence-corrected chi connectivity index (χ3v) is 6.02. The second-order valence-electron chi connectivity index (χ2n) is 8.03. The number of hydrogen-bond acceptors (Lipinski definition) is 4. The summed E-state index contributed by atoms with van der Waals surface area (Å²) in [7, 11) is 0. The van der Waals surface area contributed by atoms with Crippen LogP contribution >= 0.6 is 23.2 Å². The largest absolute Gasteiger partial charge is 0.379 e. The molecule has 4 rings (SSSR count). The molecule has 176 valence electrons. The van der Waals surface area contributed by atoms with Crippen LogP contribution in [0.5, 0.6) is 0 Å². The van der Waals surface area contributed by atoms with E-state index < -0.39 is 0 Å². The Morgan fingerprint density at radius 3 is 2.15 bits per heavy atom. The highest BCUT2D eigenvalue weighted by Crippen LogP contribution is 2.20. The molecule has 1 saturated heterocycles. The Kier molecular flexibility index (Phi) is 8.19. The zero-order valence-corrected chi connectivity index (χ0v) is 20.0. The van der Waals surface area contributed by atoms with E-state index in [-0.39, 0.29) is 11.8 Å². The second-order valence-corrected chi connectivity index (χ2v) is 8.90. The summed E-state index contributed by atoms with van der Waals surface area (Å²) >= 11 is 11.9. The Balaban J connectivity index is 1.34. The molecule has 0 atom stereocenters. The van der Waals surface area contributed by atoms with E-state index in [2.05, 4.69) is 21.6 Å². The summed E-state index contributed by atoms with van der Waals surface area (Å²) in [5, 5.41) is 6.54. The van der Waals surface area contributed by atoms with Crippen molar-refractivity contribution in [3.8, 4) is 0 Å². The number of rotatable bonds is 7. The summed E-state index contributed by atoms with van der Waals surface area (Å²) in [6.07, 6.45) is 0. The number of carbonyl (C=O) groups is 2. The zero-order chi connectivity index (χ0) is 23.9. The molecule has 0 unspecified atom stereocenters. The first kappa shape index (κ1) is 24.2. The molecule has 2 amide bonds. The minimum Gasteiger partial charge on any atom is -0.379 e. The van der Waals surface area contributed by atoms with Gasteiger partial charge in [0.15, 0.2) is 0 Å². The van der Waals surface area contributed by atoms with Crippen LogP contribution in [-0.4, -0.2) is 43.0 Å². The zero-order valence-electron chi connectivity index (χ0n) is 18.5. The highest BCUT2D eigenvalue weighted by molar-refractivity contribution is 6.35. The van der Waals surface area contributed by atoms with Crippen molar-refractivity contribution >= 4 is 40.7 Å². The van der Waals surface area contributed by atoms with Gasteiger partial charge in [0.1, 0.15) is 0 Å². The number of nitrogens with one attached hydrogen (secondary N) is 2. The summed E-state index contributed by atoms with van der Waals surface area (Å²) < 4.78 is 5.42. The van der Waals surface area contributed by atoms with Gasteiger partial charge in [-0.3, -0.25) is 14.5 Å². The highest BCUT2D eigenvalue weighted by atomic mass is 35.5. The van der Waals surface area contributed by atoms with Gasteiger partial charge in [0.2, 0.25) is 0 Å². The van der Waals surface area contributed by atoms with Gasteiger partial charge in [0.05, 0.1) is 13.2 Å². The summed E-state index contributed by atoms with van der Waals surface area (Å²) in [5.41, 5.74) is 3.72. The number of amides is 2. The molecule has 1 fully saturated rings. The standard InChI is InChI=1S/C26H25Cl2N3O3/c27-22-13-21(14-23(28)15-22)26(33)30-24-7-5-18(6-8-24)25(32)29-16-19-3-1-2-4-20(19)17-31-9-11-34-12-10-31/h1-8,13-15H,9-12,16-17H2,(H,29,32)(H,30,33). The van der Waals surface area contributed by atoms with E-state index in [1.165, 1.54) is 5.56 Å². The van der Waals surface area contributed by atoms with Gasteiger partial charge >= 0.3 is 0 Å². The Bertz CT molecular complexity index is 1140. The molecule has 2 N–H and O–H groups in total. The van der Waals surface area contributed by atoms with Gasteiger partial charge in [-0.25, -0.2) is 0 Å². The minimum absolute atomic E-state index is 0.180. The molecule has 3 aromatic carbocycles. The maximum atomic E-state index is 12.7. The first-order chi connectivity index (χ1) is 16.5. The highest BCUT2D eigenvalue weighted by Gasteiger charge is 2.14. The van der Waals surface area contributed by atoms with Gasteiger partial charge in [0, 0.05) is 53.0 Å². The number of carbonyl (C=O) groups excluding carboxylic acids is 2. The van der Waals surface area contributed by atoms with Gasteiger partial charge in [0.25, 0.3) is 11.8 Å². The Morgan fingerprint density at radius 2 is 1.47 bits per heavy atom. The van der Waals surface area contributed by atoms with Gasteiger partial charge in [-0.2, -0.15) is 0 Å². The molecule has 3 aromatic rings. The molecule has 1 heterocycles. The Hall–Kier alpha value is -2.90. The summed E-state index contributed by atoms with van der Waals surface area (Å²) in [6, 6.07) is 19.5. The van der Waals surface area contributed by atoms with Crippen molar-refractivity contribution in [2.75, 3.05) is 31.6 Å². The number of ether oxygens (including phenoxy) is 1. The van der Waals surface area contributed by atoms with Crippen molar-refractivity contribution in [3.05, 3.63) is 99.0 Å². The predicted octanol–water partition coefficient (Wildman–Crippen LogP) is 5.01. The van der Waals surface area contributed by atoms with Crippen molar-refractivity contribution in [2.24, 2.45) is 0 Å². The summed E-state index contributed by atoms with van der Waals surface area (Å²) in [5.74, 6) is -0.515. The summed E-state index contributed by atoms with van der Waals surface area (Å²) in [4.78, 5) is 27.5. The van der Waals surface area contributed by atoms with E-state index >= 15 is 0 Å². The van der Waals surface area contributed by atoms with Crippen LogP contribution < -0.4 is 10.6 Å². The van der Waals surface area contributed by atoms with E-state index in [9.17, 15) is 9.59 Å². The molecule has 0 bridgehead atoms. The van der Waals surface area contributed by atoms with Crippen molar-refractivity contribution in [3.63, 3.8) is 0 Å². The first-order valence-electron chi connectivity index (χ1n) is 11.0. The fourth-order valence-corrected chi connectivity index (χ4v) is 4.28. The molecule has 1 aliphatic heterocycles. The maximum Gasteiger partial charge on any atom is 0.255 e. The van der Waals surface area contributed by atoms with Gasteiger partial charge < -0.3 is 15.4 Å². The molecule has 0 spiro atoms. The second kappa shape index (κ2) is 11.5. The molecular weight excluding hydrogens is 473 g/mol. The van der Waals surface area contributed by atoms with Crippen LogP contribution in [-0.2, 0) is 17.8 Å². The number of halogens is 2. The third kappa shape index (κ3) is 6.58. The minimum atomic E-state index is -0.335. The van der Waals surface area contributed by atoms with E-state index in [1.54, 1.807) is 42.5 Å². The topological polar surface area (TPSA) is 70.7 Å². The van der Waals surface area contributed by atoms with Crippen LogP contribution in [0.4, 0.5) is 5.69 Å². The molecule has 6 nitrogen and oxygen atoms in total. The lowest BCUT2D eigenvalue weighted by atomic mass is 10.1. The predicted molar refractivity (Wildman–Crippen MR) is 135 cm³/mol. The lowest BCUT2D eigenvalue weighted by Crippen LogP contribution is -2.36. The molecule has 8 heteroatoms. The van der Waals surface area contributed by atoms with Crippen LogP contribution in [0.25, 0.3) is 0 Å². The molecule has 1 aliphatic rings. The average Bonchev–Trinajstić information content (AvgIpc) is 2.84. The van der Waals surface area contributed by atoms with Gasteiger partial charge in [-0.1, -0.05) is 47.5 Å². The van der Waals surface area contributed by atoms with Crippen molar-refractivity contribution in [1.29, 1.82) is 0 Å². The van der Waals surface area contributed by atoms with Crippen LogP contribution in [0.3, 0.4) is 0 Å². The van der Waals surface area contributed by atoms with E-state index in [0.717, 1.165) is 38.4 Å². The van der Waals surface area contributed by atoms with Gasteiger partial charge in [-0.15, -0.1) is 0 Å². The fraction of sp³-hybridized carbons (Fsp3) is 0.231. The molecule has 0 aliphatic carbocycles. The number of anilines is 1. The fourth-order valence-electron chi connectivity index (χ4n) is 3.76. The maximum absolute atomic E-state index is 12.7. The Labute approximate surface area is 208 Å². The van der Waals surface area contributed by atoms with Crippen molar-refractivity contribution < 1.29 is 14.3 Å². The normalized spacial score (nSPS) is 13.9. The number of benzene rings is 3. The van der Waals surface area contributed by atoms with Crippen LogP contribution in [0, 0.1) is 0 Å². The van der Waals surface area contributed by atoms with E-state index in [4.69, 9.17) is 27.9 Å². The van der Waals surface area contributed by atoms with E-state index in [1.807, 2.05) is 18.2 Å². The monoisotopic (exact) mass is 497 g/mol. The summed E-state index contributed by atoms with van der Waals surface area (Å²) in [6.45, 7) is 4.60. The number of morpholine rings is 1. The lowest BCUT2D eigenvalue weighted by Gasteiger charge is -2.27. The number of hydrogen-bond donors (Lipinski definition) is 2. The van der Waals surface area contributed by atoms with Crippen LogP contribution in [0.1, 0.15) is 31.8 Å². The number of nitrogens with zero attached hydrogens (tertiary/aromatic N) is 1. The average molecular weight is 498 g/mol.